The second kappa shape index (κ2) is 9.53. The Balaban J connectivity index is 1.83. The molecule has 5 nitrogen and oxygen atoms in total. The fourth-order valence-electron chi connectivity index (χ4n) is 2.64. The third-order valence-corrected chi connectivity index (χ3v) is 4.44. The quantitative estimate of drug-likeness (QED) is 0.535. The Morgan fingerprint density at radius 1 is 1.00 bits per heavy atom. The van der Waals surface area contributed by atoms with Gasteiger partial charge in [0.2, 0.25) is 11.8 Å². The zero-order chi connectivity index (χ0) is 20.0. The molecule has 0 bridgehead atoms. The van der Waals surface area contributed by atoms with E-state index in [2.05, 4.69) is 15.8 Å². The Morgan fingerprint density at radius 2 is 1.63 bits per heavy atom. The number of benzene rings is 2. The number of nitrogens with zero attached hydrogens (tertiary/aromatic N) is 1. The first-order chi connectivity index (χ1) is 12.8. The van der Waals surface area contributed by atoms with Crippen molar-refractivity contribution < 1.29 is 9.59 Å². The molecule has 7 heteroatoms. The summed E-state index contributed by atoms with van der Waals surface area (Å²) in [5, 5.41) is 7.67. The van der Waals surface area contributed by atoms with E-state index >= 15 is 0 Å². The normalized spacial score (nSPS) is 10.9. The molecule has 0 radical (unpaired) electrons. The van der Waals surface area contributed by atoms with Crippen molar-refractivity contribution in [2.45, 2.75) is 33.6 Å². The Hall–Kier alpha value is -2.37. The average Bonchev–Trinajstić information content (AvgIpc) is 2.58. The number of anilines is 1. The van der Waals surface area contributed by atoms with Crippen LogP contribution in [0.25, 0.3) is 0 Å². The van der Waals surface area contributed by atoms with E-state index in [-0.39, 0.29) is 24.7 Å². The predicted octanol–water partition coefficient (Wildman–Crippen LogP) is 4.79. The molecule has 0 aromatic heterocycles. The molecule has 0 spiro atoms. The number of carbonyl (C=O) groups is 2. The van der Waals surface area contributed by atoms with Crippen molar-refractivity contribution in [2.75, 3.05) is 5.32 Å². The molecule has 0 fully saturated rings. The molecule has 2 amide bonds. The van der Waals surface area contributed by atoms with Gasteiger partial charge in [0.25, 0.3) is 0 Å². The third-order valence-electron chi connectivity index (χ3n) is 3.88. The van der Waals surface area contributed by atoms with Gasteiger partial charge in [-0.1, -0.05) is 47.0 Å². The van der Waals surface area contributed by atoms with Crippen molar-refractivity contribution in [1.82, 2.24) is 5.43 Å². The lowest BCUT2D eigenvalue weighted by molar-refractivity contribution is -0.124. The van der Waals surface area contributed by atoms with E-state index < -0.39 is 0 Å². The number of amides is 2. The number of hydrazone groups is 1. The van der Waals surface area contributed by atoms with Crippen LogP contribution in [0.15, 0.2) is 35.4 Å². The third kappa shape index (κ3) is 6.38. The fraction of sp³-hybridized carbons (Fsp3) is 0.250. The molecule has 0 aliphatic carbocycles. The van der Waals surface area contributed by atoms with E-state index in [0.29, 0.717) is 15.6 Å². The molecule has 0 atom stereocenters. The molecule has 0 saturated carbocycles. The monoisotopic (exact) mass is 405 g/mol. The number of aryl methyl sites for hydroxylation is 3. The number of hydrogen-bond donors (Lipinski definition) is 2. The highest BCUT2D eigenvalue weighted by atomic mass is 35.5. The summed E-state index contributed by atoms with van der Waals surface area (Å²) in [6, 6.07) is 8.97. The van der Waals surface area contributed by atoms with Crippen molar-refractivity contribution in [3.8, 4) is 0 Å². The van der Waals surface area contributed by atoms with Crippen LogP contribution in [0.4, 0.5) is 5.69 Å². The van der Waals surface area contributed by atoms with Crippen LogP contribution in [0.5, 0.6) is 0 Å². The molecule has 0 aliphatic rings. The number of nitrogens with one attached hydrogen (secondary N) is 2. The standard InChI is InChI=1S/C20H21Cl2N3O2/c1-12-8-13(2)20(14(3)9-12)24-18(26)6-7-19(27)25-23-11-15-4-5-16(21)10-17(15)22/h4-5,8-11H,6-7H2,1-3H3,(H,24,26)(H,25,27). The van der Waals surface area contributed by atoms with Crippen molar-refractivity contribution in [2.24, 2.45) is 5.10 Å². The number of carbonyl (C=O) groups excluding carboxylic acids is 2. The molecular formula is C20H21Cl2N3O2. The molecule has 0 unspecified atom stereocenters. The van der Waals surface area contributed by atoms with Gasteiger partial charge in [0.05, 0.1) is 11.2 Å². The van der Waals surface area contributed by atoms with Gasteiger partial charge in [-0.2, -0.15) is 5.10 Å². The summed E-state index contributed by atoms with van der Waals surface area (Å²) in [7, 11) is 0. The lowest BCUT2D eigenvalue weighted by atomic mass is 10.0. The summed E-state index contributed by atoms with van der Waals surface area (Å²) in [4.78, 5) is 24.0. The smallest absolute Gasteiger partial charge is 0.240 e. The summed E-state index contributed by atoms with van der Waals surface area (Å²) >= 11 is 11.8. The van der Waals surface area contributed by atoms with Gasteiger partial charge in [0, 0.05) is 29.1 Å². The van der Waals surface area contributed by atoms with E-state index in [1.807, 2.05) is 32.9 Å². The van der Waals surface area contributed by atoms with Crippen molar-refractivity contribution in [1.29, 1.82) is 0 Å². The molecule has 2 rings (SSSR count). The van der Waals surface area contributed by atoms with Gasteiger partial charge in [-0.15, -0.1) is 0 Å². The molecule has 0 heterocycles. The highest BCUT2D eigenvalue weighted by molar-refractivity contribution is 6.36. The van der Waals surface area contributed by atoms with Gasteiger partial charge in [-0.05, 0) is 44.0 Å². The molecule has 2 N–H and O–H groups in total. The minimum Gasteiger partial charge on any atom is -0.326 e. The highest BCUT2D eigenvalue weighted by Crippen LogP contribution is 2.22. The summed E-state index contributed by atoms with van der Waals surface area (Å²) in [6.07, 6.45) is 1.52. The molecule has 0 saturated heterocycles. The number of hydrogen-bond acceptors (Lipinski definition) is 3. The zero-order valence-electron chi connectivity index (χ0n) is 15.4. The molecule has 0 aliphatic heterocycles. The first-order valence-electron chi connectivity index (χ1n) is 8.41. The van der Waals surface area contributed by atoms with Crippen LogP contribution in [0.2, 0.25) is 10.0 Å². The molecular weight excluding hydrogens is 385 g/mol. The maximum absolute atomic E-state index is 12.1. The van der Waals surface area contributed by atoms with E-state index in [0.717, 1.165) is 22.4 Å². The van der Waals surface area contributed by atoms with Gasteiger partial charge in [-0.3, -0.25) is 9.59 Å². The average molecular weight is 406 g/mol. The van der Waals surface area contributed by atoms with Crippen LogP contribution in [0, 0.1) is 20.8 Å². The topological polar surface area (TPSA) is 70.6 Å². The minimum absolute atomic E-state index is 0.0292. The predicted molar refractivity (Wildman–Crippen MR) is 111 cm³/mol. The first kappa shape index (κ1) is 20.9. The second-order valence-corrected chi connectivity index (χ2v) is 7.12. The van der Waals surface area contributed by atoms with Crippen molar-refractivity contribution >= 4 is 46.9 Å². The Labute approximate surface area is 168 Å². The van der Waals surface area contributed by atoms with E-state index in [4.69, 9.17) is 23.2 Å². The van der Waals surface area contributed by atoms with Gasteiger partial charge in [0.15, 0.2) is 0 Å². The fourth-order valence-corrected chi connectivity index (χ4v) is 3.10. The largest absolute Gasteiger partial charge is 0.326 e. The van der Waals surface area contributed by atoms with Crippen LogP contribution >= 0.6 is 23.2 Å². The van der Waals surface area contributed by atoms with Crippen LogP contribution in [0.3, 0.4) is 0 Å². The van der Waals surface area contributed by atoms with E-state index in [9.17, 15) is 9.59 Å². The van der Waals surface area contributed by atoms with Crippen LogP contribution in [0.1, 0.15) is 35.1 Å². The Kier molecular flexibility index (Phi) is 7.39. The summed E-state index contributed by atoms with van der Waals surface area (Å²) in [6.45, 7) is 5.89. The van der Waals surface area contributed by atoms with Gasteiger partial charge in [-0.25, -0.2) is 5.43 Å². The van der Waals surface area contributed by atoms with Crippen LogP contribution < -0.4 is 10.7 Å². The maximum Gasteiger partial charge on any atom is 0.240 e. The van der Waals surface area contributed by atoms with Crippen LogP contribution in [-0.4, -0.2) is 18.0 Å². The highest BCUT2D eigenvalue weighted by Gasteiger charge is 2.10. The Bertz CT molecular complexity index is 872. The van der Waals surface area contributed by atoms with Gasteiger partial charge in [0.1, 0.15) is 0 Å². The molecule has 2 aromatic carbocycles. The number of rotatable bonds is 6. The van der Waals surface area contributed by atoms with E-state index in [1.54, 1.807) is 18.2 Å². The van der Waals surface area contributed by atoms with E-state index in [1.165, 1.54) is 6.21 Å². The lowest BCUT2D eigenvalue weighted by Gasteiger charge is -2.12. The number of halogens is 2. The maximum atomic E-state index is 12.1. The molecule has 27 heavy (non-hydrogen) atoms. The minimum atomic E-state index is -0.358. The van der Waals surface area contributed by atoms with Crippen molar-refractivity contribution in [3.05, 3.63) is 62.6 Å². The first-order valence-corrected chi connectivity index (χ1v) is 9.16. The SMILES string of the molecule is Cc1cc(C)c(NC(=O)CCC(=O)NN=Cc2ccc(Cl)cc2Cl)c(C)c1. The Morgan fingerprint density at radius 3 is 2.26 bits per heavy atom. The van der Waals surface area contributed by atoms with Crippen molar-refractivity contribution in [3.63, 3.8) is 0 Å². The molecule has 2 aromatic rings. The lowest BCUT2D eigenvalue weighted by Crippen LogP contribution is -2.21. The van der Waals surface area contributed by atoms with Gasteiger partial charge < -0.3 is 5.32 Å². The summed E-state index contributed by atoms with van der Waals surface area (Å²) in [5.74, 6) is -0.575. The molecule has 142 valence electrons. The summed E-state index contributed by atoms with van der Waals surface area (Å²) in [5.41, 5.74) is 6.93. The summed E-state index contributed by atoms with van der Waals surface area (Å²) < 4.78 is 0. The zero-order valence-corrected chi connectivity index (χ0v) is 16.9. The second-order valence-electron chi connectivity index (χ2n) is 6.28. The van der Waals surface area contributed by atoms with Gasteiger partial charge >= 0.3 is 0 Å². The van der Waals surface area contributed by atoms with Crippen LogP contribution in [-0.2, 0) is 9.59 Å².